The molecule has 168 valence electrons. The van der Waals surface area contributed by atoms with Gasteiger partial charge in [-0.3, -0.25) is 9.59 Å². The molecule has 4 rings (SSSR count). The largest absolute Gasteiger partial charge is 0.480 e. The Kier molecular flexibility index (Phi) is 6.44. The molecule has 2 aromatic rings. The van der Waals surface area contributed by atoms with Crippen molar-refractivity contribution in [1.82, 2.24) is 10.6 Å². The molecule has 2 aliphatic rings. The second-order valence-electron chi connectivity index (χ2n) is 8.60. The molecule has 0 saturated heterocycles. The molecule has 0 heterocycles. The minimum absolute atomic E-state index is 0.00413. The Morgan fingerprint density at radius 3 is 2.28 bits per heavy atom. The lowest BCUT2D eigenvalue weighted by molar-refractivity contribution is -0.142. The summed E-state index contributed by atoms with van der Waals surface area (Å²) in [6.07, 6.45) is 2.22. The van der Waals surface area contributed by atoms with Crippen LogP contribution in [0, 0.1) is 5.92 Å². The number of hydrogen-bond acceptors (Lipinski definition) is 4. The molecule has 1 unspecified atom stereocenters. The third-order valence-electron chi connectivity index (χ3n) is 6.44. The summed E-state index contributed by atoms with van der Waals surface area (Å²) in [7, 11) is 0. The standard InChI is InChI=1S/C25H28N2O5/c1-15(24(29)30)26-23(28)16-7-6-8-17(13-16)27-25(31)32-14-22-20-11-4-2-9-18(20)19-10-3-5-12-21(19)22/h2-5,9-12,15-17,22H,6-8,13-14H2,1H3,(H,26,28)(H,27,31)(H,29,30)/t15?,16-,17+/m1/s1. The minimum atomic E-state index is -1.07. The summed E-state index contributed by atoms with van der Waals surface area (Å²) in [5.74, 6) is -1.67. The average molecular weight is 437 g/mol. The molecule has 2 amide bonds. The smallest absolute Gasteiger partial charge is 0.407 e. The van der Waals surface area contributed by atoms with Gasteiger partial charge in [0.15, 0.2) is 0 Å². The van der Waals surface area contributed by atoms with Gasteiger partial charge in [-0.1, -0.05) is 55.0 Å². The molecule has 2 aliphatic carbocycles. The quantitative estimate of drug-likeness (QED) is 0.641. The number of carboxylic acid groups (broad SMARTS) is 1. The summed E-state index contributed by atoms with van der Waals surface area (Å²) in [5, 5.41) is 14.4. The minimum Gasteiger partial charge on any atom is -0.480 e. The fourth-order valence-corrected chi connectivity index (χ4v) is 4.76. The van der Waals surface area contributed by atoms with Crippen molar-refractivity contribution in [3.63, 3.8) is 0 Å². The van der Waals surface area contributed by atoms with Crippen LogP contribution in [0.2, 0.25) is 0 Å². The molecule has 2 aromatic carbocycles. The molecule has 7 nitrogen and oxygen atoms in total. The van der Waals surface area contributed by atoms with E-state index in [1.165, 1.54) is 18.1 Å². The van der Waals surface area contributed by atoms with Gasteiger partial charge >= 0.3 is 12.1 Å². The van der Waals surface area contributed by atoms with Gasteiger partial charge in [0, 0.05) is 17.9 Å². The highest BCUT2D eigenvalue weighted by molar-refractivity contribution is 5.85. The summed E-state index contributed by atoms with van der Waals surface area (Å²) in [5.41, 5.74) is 4.66. The third kappa shape index (κ3) is 4.61. The van der Waals surface area contributed by atoms with Gasteiger partial charge in [0.05, 0.1) is 0 Å². The first-order valence-corrected chi connectivity index (χ1v) is 11.1. The SMILES string of the molecule is CC(NC(=O)[C@@H]1CCC[C@H](NC(=O)OCC2c3ccccc3-c3ccccc32)C1)C(=O)O. The van der Waals surface area contributed by atoms with Gasteiger partial charge in [-0.25, -0.2) is 4.79 Å². The number of fused-ring (bicyclic) bond motifs is 3. The van der Waals surface area contributed by atoms with Crippen LogP contribution in [-0.2, 0) is 14.3 Å². The van der Waals surface area contributed by atoms with Crippen molar-refractivity contribution in [3.8, 4) is 11.1 Å². The molecule has 3 atom stereocenters. The van der Waals surface area contributed by atoms with Crippen molar-refractivity contribution >= 4 is 18.0 Å². The predicted molar refractivity (Wildman–Crippen MR) is 119 cm³/mol. The van der Waals surface area contributed by atoms with E-state index < -0.39 is 18.1 Å². The highest BCUT2D eigenvalue weighted by Crippen LogP contribution is 2.44. The Bertz CT molecular complexity index is 975. The Balaban J connectivity index is 1.33. The van der Waals surface area contributed by atoms with E-state index in [1.807, 2.05) is 24.3 Å². The highest BCUT2D eigenvalue weighted by Gasteiger charge is 2.31. The number of aliphatic carboxylic acids is 1. The maximum atomic E-state index is 12.5. The van der Waals surface area contributed by atoms with E-state index in [1.54, 1.807) is 0 Å². The molecule has 1 saturated carbocycles. The zero-order valence-electron chi connectivity index (χ0n) is 18.0. The Morgan fingerprint density at radius 1 is 1.03 bits per heavy atom. The second-order valence-corrected chi connectivity index (χ2v) is 8.60. The van der Waals surface area contributed by atoms with Gasteiger partial charge in [-0.05, 0) is 48.4 Å². The van der Waals surface area contributed by atoms with Crippen LogP contribution in [-0.4, -0.2) is 41.8 Å². The molecule has 0 aliphatic heterocycles. The van der Waals surface area contributed by atoms with Crippen molar-refractivity contribution in [1.29, 1.82) is 0 Å². The van der Waals surface area contributed by atoms with Crippen LogP contribution in [0.4, 0.5) is 4.79 Å². The second kappa shape index (κ2) is 9.42. The van der Waals surface area contributed by atoms with Gasteiger partial charge in [0.1, 0.15) is 12.6 Å². The number of benzene rings is 2. The van der Waals surface area contributed by atoms with Crippen molar-refractivity contribution < 1.29 is 24.2 Å². The van der Waals surface area contributed by atoms with E-state index in [0.717, 1.165) is 24.0 Å². The van der Waals surface area contributed by atoms with Crippen molar-refractivity contribution in [2.75, 3.05) is 6.61 Å². The van der Waals surface area contributed by atoms with E-state index in [-0.39, 0.29) is 30.4 Å². The first-order chi connectivity index (χ1) is 15.4. The first kappa shape index (κ1) is 21.9. The molecule has 0 spiro atoms. The topological polar surface area (TPSA) is 105 Å². The van der Waals surface area contributed by atoms with Gasteiger partial charge in [0.2, 0.25) is 5.91 Å². The van der Waals surface area contributed by atoms with Crippen molar-refractivity contribution in [2.24, 2.45) is 5.92 Å². The van der Waals surface area contributed by atoms with E-state index >= 15 is 0 Å². The molecular formula is C25H28N2O5. The Labute approximate surface area is 187 Å². The third-order valence-corrected chi connectivity index (χ3v) is 6.44. The monoisotopic (exact) mass is 436 g/mol. The Hall–Kier alpha value is -3.35. The zero-order valence-corrected chi connectivity index (χ0v) is 18.0. The van der Waals surface area contributed by atoms with Crippen LogP contribution in [0.1, 0.15) is 49.7 Å². The Morgan fingerprint density at radius 2 is 1.66 bits per heavy atom. The molecule has 3 N–H and O–H groups in total. The van der Waals surface area contributed by atoms with Crippen LogP contribution < -0.4 is 10.6 Å². The van der Waals surface area contributed by atoms with Crippen LogP contribution in [0.25, 0.3) is 11.1 Å². The molecule has 32 heavy (non-hydrogen) atoms. The average Bonchev–Trinajstić information content (AvgIpc) is 3.11. The molecular weight excluding hydrogens is 408 g/mol. The lowest BCUT2D eigenvalue weighted by atomic mass is 9.85. The van der Waals surface area contributed by atoms with E-state index in [0.29, 0.717) is 12.8 Å². The van der Waals surface area contributed by atoms with Crippen LogP contribution >= 0.6 is 0 Å². The number of carbonyl (C=O) groups is 3. The fraction of sp³-hybridized carbons (Fsp3) is 0.400. The van der Waals surface area contributed by atoms with Gasteiger partial charge in [0.25, 0.3) is 0 Å². The summed E-state index contributed by atoms with van der Waals surface area (Å²) < 4.78 is 5.61. The van der Waals surface area contributed by atoms with E-state index in [2.05, 4.69) is 34.9 Å². The van der Waals surface area contributed by atoms with Crippen LogP contribution in [0.3, 0.4) is 0 Å². The maximum Gasteiger partial charge on any atom is 0.407 e. The normalized spacial score (nSPS) is 20.5. The maximum absolute atomic E-state index is 12.5. The van der Waals surface area contributed by atoms with E-state index in [9.17, 15) is 14.4 Å². The molecule has 1 fully saturated rings. The van der Waals surface area contributed by atoms with Gasteiger partial charge in [-0.15, -0.1) is 0 Å². The number of nitrogens with one attached hydrogen (secondary N) is 2. The zero-order chi connectivity index (χ0) is 22.7. The molecule has 0 aromatic heterocycles. The molecule has 0 radical (unpaired) electrons. The summed E-state index contributed by atoms with van der Waals surface area (Å²) in [4.78, 5) is 35.9. The molecule has 0 bridgehead atoms. The number of carboxylic acids is 1. The lowest BCUT2D eigenvalue weighted by Gasteiger charge is -2.29. The number of alkyl carbamates (subject to hydrolysis) is 1. The van der Waals surface area contributed by atoms with Gasteiger partial charge in [-0.2, -0.15) is 0 Å². The predicted octanol–water partition coefficient (Wildman–Crippen LogP) is 3.67. The summed E-state index contributed by atoms with van der Waals surface area (Å²) >= 11 is 0. The van der Waals surface area contributed by atoms with Crippen molar-refractivity contribution in [3.05, 3.63) is 59.7 Å². The van der Waals surface area contributed by atoms with Crippen LogP contribution in [0.15, 0.2) is 48.5 Å². The van der Waals surface area contributed by atoms with Gasteiger partial charge < -0.3 is 20.5 Å². The van der Waals surface area contributed by atoms with Crippen molar-refractivity contribution in [2.45, 2.75) is 50.6 Å². The summed E-state index contributed by atoms with van der Waals surface area (Å²) in [6.45, 7) is 1.68. The highest BCUT2D eigenvalue weighted by atomic mass is 16.5. The number of amides is 2. The number of carbonyl (C=O) groups excluding carboxylic acids is 2. The lowest BCUT2D eigenvalue weighted by Crippen LogP contribution is -2.46. The molecule has 7 heteroatoms. The van der Waals surface area contributed by atoms with E-state index in [4.69, 9.17) is 9.84 Å². The fourth-order valence-electron chi connectivity index (χ4n) is 4.76. The first-order valence-electron chi connectivity index (χ1n) is 11.1. The van der Waals surface area contributed by atoms with Crippen LogP contribution in [0.5, 0.6) is 0 Å². The summed E-state index contributed by atoms with van der Waals surface area (Å²) in [6, 6.07) is 15.2. The number of ether oxygens (including phenoxy) is 1. The number of rotatable bonds is 6. The number of hydrogen-bond donors (Lipinski definition) is 3.